The van der Waals surface area contributed by atoms with Crippen molar-refractivity contribution in [2.75, 3.05) is 12.4 Å². The number of para-hydroxylation sites is 1. The molecular formula is C17H17ClN2OS. The van der Waals surface area contributed by atoms with Gasteiger partial charge in [-0.05, 0) is 30.3 Å². The summed E-state index contributed by atoms with van der Waals surface area (Å²) < 4.78 is 9.09. The Morgan fingerprint density at radius 1 is 1.09 bits per heavy atom. The van der Waals surface area contributed by atoms with Gasteiger partial charge >= 0.3 is 0 Å². The van der Waals surface area contributed by atoms with Crippen molar-refractivity contribution < 1.29 is 21.7 Å². The molecule has 0 bridgehead atoms. The molecule has 0 fully saturated rings. The Bertz CT molecular complexity index is 781. The molecular weight excluding hydrogens is 316 g/mol. The minimum atomic E-state index is 0. The molecule has 1 heterocycles. The Balaban J connectivity index is 0.00000176. The normalized spacial score (nSPS) is 10.6. The summed E-state index contributed by atoms with van der Waals surface area (Å²) in [7, 11) is 3.97. The van der Waals surface area contributed by atoms with E-state index in [0.29, 0.717) is 0 Å². The smallest absolute Gasteiger partial charge is 0.265 e. The molecule has 3 nitrogen and oxygen atoms in total. The van der Waals surface area contributed by atoms with Crippen LogP contribution in [0.5, 0.6) is 5.75 Å². The fourth-order valence-electron chi connectivity index (χ4n) is 2.14. The Kier molecular flexibility index (Phi) is 5.41. The summed E-state index contributed by atoms with van der Waals surface area (Å²) in [5, 5.41) is 4.24. The Labute approximate surface area is 140 Å². The van der Waals surface area contributed by atoms with Crippen LogP contribution >= 0.6 is 11.3 Å². The van der Waals surface area contributed by atoms with Crippen molar-refractivity contribution >= 4 is 33.3 Å². The second-order valence-corrected chi connectivity index (χ2v) is 5.72. The van der Waals surface area contributed by atoms with E-state index in [2.05, 4.69) is 41.2 Å². The van der Waals surface area contributed by atoms with Crippen LogP contribution in [0.4, 0.5) is 5.69 Å². The molecule has 0 saturated carbocycles. The van der Waals surface area contributed by atoms with E-state index in [1.165, 1.54) is 10.2 Å². The van der Waals surface area contributed by atoms with E-state index < -0.39 is 0 Å². The third-order valence-corrected chi connectivity index (χ3v) is 4.51. The number of aromatic nitrogens is 1. The minimum Gasteiger partial charge on any atom is -1.00 e. The molecule has 22 heavy (non-hydrogen) atoms. The van der Waals surface area contributed by atoms with Gasteiger partial charge in [-0.3, -0.25) is 0 Å². The van der Waals surface area contributed by atoms with Crippen molar-refractivity contribution in [1.82, 2.24) is 0 Å². The molecule has 0 saturated heterocycles. The zero-order valence-electron chi connectivity index (χ0n) is 12.4. The number of hydrogen-bond donors (Lipinski definition) is 1. The van der Waals surface area contributed by atoms with E-state index in [1.54, 1.807) is 17.6 Å². The van der Waals surface area contributed by atoms with Crippen LogP contribution < -0.4 is 27.0 Å². The van der Waals surface area contributed by atoms with E-state index >= 15 is 0 Å². The van der Waals surface area contributed by atoms with Crippen molar-refractivity contribution in [3.05, 3.63) is 59.8 Å². The minimum absolute atomic E-state index is 0. The standard InChI is InChI=1S/C17H17N2OS.ClH/c1-18-13-7-9-14(10-8-13)20-12-11-17-19(2)15-5-3-4-6-16(15)21-17;/h3-12,18H,1-2H3;1H/q+1;/p-1. The van der Waals surface area contributed by atoms with Gasteiger partial charge in [0, 0.05) is 18.8 Å². The lowest BCUT2D eigenvalue weighted by molar-refractivity contribution is -0.642. The molecule has 1 N–H and O–H groups in total. The average molecular weight is 333 g/mol. The summed E-state index contributed by atoms with van der Waals surface area (Å²) in [6, 6.07) is 16.2. The van der Waals surface area contributed by atoms with E-state index in [4.69, 9.17) is 4.74 Å². The number of rotatable bonds is 4. The largest absolute Gasteiger partial charge is 1.00 e. The lowest BCUT2D eigenvalue weighted by Crippen LogP contribution is -3.00. The van der Waals surface area contributed by atoms with Crippen molar-refractivity contribution in [3.63, 3.8) is 0 Å². The highest BCUT2D eigenvalue weighted by molar-refractivity contribution is 7.18. The number of benzene rings is 2. The second-order valence-electron chi connectivity index (χ2n) is 4.66. The zero-order chi connectivity index (χ0) is 14.7. The van der Waals surface area contributed by atoms with Gasteiger partial charge in [-0.25, -0.2) is 0 Å². The first-order valence-corrected chi connectivity index (χ1v) is 7.58. The third-order valence-electron chi connectivity index (χ3n) is 3.33. The van der Waals surface area contributed by atoms with Crippen LogP contribution in [0.25, 0.3) is 16.3 Å². The maximum absolute atomic E-state index is 5.65. The molecule has 5 heteroatoms. The van der Waals surface area contributed by atoms with Gasteiger partial charge in [0.1, 0.15) is 17.5 Å². The summed E-state index contributed by atoms with van der Waals surface area (Å²) in [5.74, 6) is 0.828. The molecule has 0 aliphatic carbocycles. The fraction of sp³-hybridized carbons (Fsp3) is 0.118. The van der Waals surface area contributed by atoms with Gasteiger partial charge in [0.15, 0.2) is 0 Å². The molecule has 0 aliphatic rings. The number of aryl methyl sites for hydroxylation is 1. The number of ether oxygens (including phenoxy) is 1. The molecule has 1 aromatic heterocycles. The van der Waals surface area contributed by atoms with Crippen LogP contribution in [-0.4, -0.2) is 7.05 Å². The lowest BCUT2D eigenvalue weighted by atomic mass is 10.3. The first kappa shape index (κ1) is 16.3. The average Bonchev–Trinajstić information content (AvgIpc) is 2.85. The second kappa shape index (κ2) is 7.29. The fourth-order valence-corrected chi connectivity index (χ4v) is 3.18. The number of thiazole rings is 1. The highest BCUT2D eigenvalue weighted by Gasteiger charge is 2.13. The van der Waals surface area contributed by atoms with Crippen molar-refractivity contribution in [1.29, 1.82) is 0 Å². The number of hydrogen-bond acceptors (Lipinski definition) is 3. The van der Waals surface area contributed by atoms with Gasteiger partial charge in [-0.2, -0.15) is 4.57 Å². The summed E-state index contributed by atoms with van der Waals surface area (Å²) in [6.45, 7) is 0. The highest BCUT2D eigenvalue weighted by atomic mass is 35.5. The summed E-state index contributed by atoms with van der Waals surface area (Å²) in [6.07, 6.45) is 3.73. The first-order valence-electron chi connectivity index (χ1n) is 6.76. The highest BCUT2D eigenvalue weighted by Crippen LogP contribution is 2.21. The Hall–Kier alpha value is -2.04. The van der Waals surface area contributed by atoms with Crippen LogP contribution in [0.15, 0.2) is 54.8 Å². The Morgan fingerprint density at radius 3 is 2.50 bits per heavy atom. The van der Waals surface area contributed by atoms with Crippen LogP contribution in [-0.2, 0) is 7.05 Å². The maximum Gasteiger partial charge on any atom is 0.265 e. The molecule has 0 amide bonds. The molecule has 0 radical (unpaired) electrons. The summed E-state index contributed by atoms with van der Waals surface area (Å²) in [4.78, 5) is 0. The van der Waals surface area contributed by atoms with E-state index in [-0.39, 0.29) is 12.4 Å². The molecule has 0 aliphatic heterocycles. The quantitative estimate of drug-likeness (QED) is 0.565. The number of nitrogens with one attached hydrogen (secondary N) is 1. The van der Waals surface area contributed by atoms with Gasteiger partial charge in [-0.15, -0.1) is 0 Å². The lowest BCUT2D eigenvalue weighted by Gasteiger charge is -2.01. The molecule has 2 aromatic carbocycles. The number of halogens is 1. The Morgan fingerprint density at radius 2 is 1.82 bits per heavy atom. The SMILES string of the molecule is CNc1ccc(OC=Cc2sc3ccccc3[n+]2C)cc1.[Cl-]. The third kappa shape index (κ3) is 3.40. The van der Waals surface area contributed by atoms with E-state index in [9.17, 15) is 0 Å². The van der Waals surface area contributed by atoms with E-state index in [0.717, 1.165) is 16.4 Å². The van der Waals surface area contributed by atoms with Crippen molar-refractivity contribution in [3.8, 4) is 5.75 Å². The number of fused-ring (bicyclic) bond motifs is 1. The zero-order valence-corrected chi connectivity index (χ0v) is 14.0. The van der Waals surface area contributed by atoms with Gasteiger partial charge in [-0.1, -0.05) is 23.5 Å². The van der Waals surface area contributed by atoms with Crippen molar-refractivity contribution in [2.24, 2.45) is 7.05 Å². The van der Waals surface area contributed by atoms with Crippen LogP contribution in [0.3, 0.4) is 0 Å². The van der Waals surface area contributed by atoms with Crippen LogP contribution in [0.1, 0.15) is 5.01 Å². The van der Waals surface area contributed by atoms with Crippen LogP contribution in [0, 0.1) is 0 Å². The van der Waals surface area contributed by atoms with Crippen LogP contribution in [0.2, 0.25) is 0 Å². The molecule has 114 valence electrons. The molecule has 0 unspecified atom stereocenters. The molecule has 3 aromatic rings. The van der Waals surface area contributed by atoms with Gasteiger partial charge in [0.25, 0.3) is 5.01 Å². The first-order chi connectivity index (χ1) is 10.3. The maximum atomic E-state index is 5.65. The predicted molar refractivity (Wildman–Crippen MR) is 88.7 cm³/mol. The van der Waals surface area contributed by atoms with Crippen molar-refractivity contribution in [2.45, 2.75) is 0 Å². The monoisotopic (exact) mass is 332 g/mol. The predicted octanol–water partition coefficient (Wildman–Crippen LogP) is 0.821. The molecule has 3 rings (SSSR count). The molecule has 0 atom stereocenters. The van der Waals surface area contributed by atoms with Gasteiger partial charge in [0.05, 0.1) is 12.3 Å². The number of nitrogens with zero attached hydrogens (tertiary/aromatic N) is 1. The topological polar surface area (TPSA) is 25.1 Å². The number of anilines is 1. The molecule has 0 spiro atoms. The van der Waals surface area contributed by atoms with Gasteiger partial charge in [0.2, 0.25) is 5.52 Å². The summed E-state index contributed by atoms with van der Waals surface area (Å²) >= 11 is 1.75. The van der Waals surface area contributed by atoms with Gasteiger partial charge < -0.3 is 22.5 Å². The summed E-state index contributed by atoms with van der Waals surface area (Å²) in [5.41, 5.74) is 2.31. The van der Waals surface area contributed by atoms with E-state index in [1.807, 2.05) is 37.4 Å².